The van der Waals surface area contributed by atoms with E-state index >= 15 is 0 Å². The molecule has 0 atom stereocenters. The summed E-state index contributed by atoms with van der Waals surface area (Å²) in [5.74, 6) is -2.06. The molecule has 0 fully saturated rings. The minimum atomic E-state index is -0.815. The summed E-state index contributed by atoms with van der Waals surface area (Å²) < 4.78 is 15.8. The highest BCUT2D eigenvalue weighted by Crippen LogP contribution is 2.21. The molecule has 0 aliphatic carbocycles. The lowest BCUT2D eigenvalue weighted by Crippen LogP contribution is -2.28. The van der Waals surface area contributed by atoms with Gasteiger partial charge in [0.1, 0.15) is 12.4 Å². The number of nitrogens with two attached hydrogens (primary N) is 1. The number of amides is 2. The fraction of sp³-hybridized carbons (Fsp3) is 0.111. The first-order valence-corrected chi connectivity index (χ1v) is 8.60. The van der Waals surface area contributed by atoms with E-state index in [1.807, 2.05) is 0 Å². The minimum absolute atomic E-state index is 0.0669. The average molecular weight is 433 g/mol. The second-order valence-electron chi connectivity index (χ2n) is 5.88. The summed E-state index contributed by atoms with van der Waals surface area (Å²) in [6, 6.07) is 7.36. The van der Waals surface area contributed by atoms with E-state index in [2.05, 4.69) is 26.2 Å². The fourth-order valence-electron chi connectivity index (χ4n) is 2.54. The van der Waals surface area contributed by atoms with E-state index in [1.165, 1.54) is 19.3 Å². The topological polar surface area (TPSA) is 107 Å². The molecule has 0 unspecified atom stereocenters. The second kappa shape index (κ2) is 7.28. The third-order valence-corrected chi connectivity index (χ3v) is 4.50. The van der Waals surface area contributed by atoms with E-state index in [9.17, 15) is 18.8 Å². The van der Waals surface area contributed by atoms with Crippen LogP contribution in [0.1, 0.15) is 15.9 Å². The van der Waals surface area contributed by atoms with Gasteiger partial charge in [0.15, 0.2) is 0 Å². The Balaban J connectivity index is 1.89. The van der Waals surface area contributed by atoms with Crippen molar-refractivity contribution >= 4 is 44.3 Å². The van der Waals surface area contributed by atoms with Gasteiger partial charge in [0, 0.05) is 21.3 Å². The quantitative estimate of drug-likeness (QED) is 0.659. The summed E-state index contributed by atoms with van der Waals surface area (Å²) in [5, 5.41) is 2.86. The van der Waals surface area contributed by atoms with Gasteiger partial charge in [-0.25, -0.2) is 9.37 Å². The van der Waals surface area contributed by atoms with Gasteiger partial charge >= 0.3 is 0 Å². The molecule has 0 saturated carbocycles. The molecule has 0 aliphatic heterocycles. The van der Waals surface area contributed by atoms with Crippen LogP contribution in [0.3, 0.4) is 0 Å². The molecular formula is C18H14BrFN4O3. The molecule has 138 valence electrons. The number of halogens is 2. The van der Waals surface area contributed by atoms with E-state index in [-0.39, 0.29) is 28.9 Å². The summed E-state index contributed by atoms with van der Waals surface area (Å²) in [7, 11) is 0. The predicted molar refractivity (Wildman–Crippen MR) is 102 cm³/mol. The number of benzene rings is 2. The lowest BCUT2D eigenvalue weighted by Gasteiger charge is -2.12. The van der Waals surface area contributed by atoms with Crippen LogP contribution in [0.25, 0.3) is 10.9 Å². The zero-order chi connectivity index (χ0) is 19.7. The van der Waals surface area contributed by atoms with Gasteiger partial charge in [0.2, 0.25) is 11.8 Å². The summed E-state index contributed by atoms with van der Waals surface area (Å²) in [6.07, 6.45) is 1.27. The van der Waals surface area contributed by atoms with Crippen molar-refractivity contribution in [2.24, 2.45) is 5.73 Å². The average Bonchev–Trinajstić information content (AvgIpc) is 2.61. The second-order valence-corrected chi connectivity index (χ2v) is 6.80. The van der Waals surface area contributed by atoms with Crippen LogP contribution in [-0.4, -0.2) is 21.4 Å². The van der Waals surface area contributed by atoms with Crippen LogP contribution in [-0.2, 0) is 11.3 Å². The van der Waals surface area contributed by atoms with Crippen molar-refractivity contribution in [3.05, 3.63) is 68.4 Å². The van der Waals surface area contributed by atoms with Crippen LogP contribution in [0.4, 0.5) is 10.1 Å². The normalized spacial score (nSPS) is 10.8. The van der Waals surface area contributed by atoms with Crippen molar-refractivity contribution in [2.75, 3.05) is 5.32 Å². The molecule has 27 heavy (non-hydrogen) atoms. The van der Waals surface area contributed by atoms with Crippen LogP contribution in [0.5, 0.6) is 0 Å². The molecule has 2 amide bonds. The number of nitrogens with zero attached hydrogens (tertiary/aromatic N) is 2. The number of hydrogen-bond donors (Lipinski definition) is 2. The van der Waals surface area contributed by atoms with Gasteiger partial charge in [-0.3, -0.25) is 19.0 Å². The van der Waals surface area contributed by atoms with Crippen LogP contribution < -0.4 is 16.6 Å². The first kappa shape index (κ1) is 18.7. The third-order valence-electron chi connectivity index (χ3n) is 4.00. The van der Waals surface area contributed by atoms with Crippen LogP contribution in [0.15, 0.2) is 45.9 Å². The van der Waals surface area contributed by atoms with Crippen molar-refractivity contribution in [1.82, 2.24) is 9.55 Å². The molecule has 3 aromatic rings. The first-order valence-electron chi connectivity index (χ1n) is 7.81. The maximum atomic E-state index is 13.9. The number of rotatable bonds is 4. The SMILES string of the molecule is Cc1c(F)cc(C(N)=O)cc1NC(=O)Cn1cnc2ccc(Br)cc2c1=O. The van der Waals surface area contributed by atoms with E-state index in [1.54, 1.807) is 18.2 Å². The van der Waals surface area contributed by atoms with E-state index in [0.29, 0.717) is 15.4 Å². The number of fused-ring (bicyclic) bond motifs is 1. The molecule has 0 aliphatic rings. The third kappa shape index (κ3) is 3.87. The van der Waals surface area contributed by atoms with Crippen LogP contribution in [0, 0.1) is 12.7 Å². The monoisotopic (exact) mass is 432 g/mol. The number of hydrogen-bond acceptors (Lipinski definition) is 4. The number of nitrogens with one attached hydrogen (secondary N) is 1. The Morgan fingerprint density at radius 1 is 1.30 bits per heavy atom. The summed E-state index contributed by atoms with van der Waals surface area (Å²) >= 11 is 3.29. The fourth-order valence-corrected chi connectivity index (χ4v) is 2.90. The highest BCUT2D eigenvalue weighted by molar-refractivity contribution is 9.10. The molecular weight excluding hydrogens is 419 g/mol. The van der Waals surface area contributed by atoms with Crippen molar-refractivity contribution < 1.29 is 14.0 Å². The number of anilines is 1. The first-order chi connectivity index (χ1) is 12.8. The maximum Gasteiger partial charge on any atom is 0.261 e. The van der Waals surface area contributed by atoms with E-state index in [0.717, 1.165) is 10.6 Å². The van der Waals surface area contributed by atoms with Crippen molar-refractivity contribution in [3.63, 3.8) is 0 Å². The van der Waals surface area contributed by atoms with Gasteiger partial charge in [-0.1, -0.05) is 15.9 Å². The molecule has 0 saturated heterocycles. The molecule has 2 aromatic carbocycles. The number of carbonyl (C=O) groups is 2. The highest BCUT2D eigenvalue weighted by Gasteiger charge is 2.14. The van der Waals surface area contributed by atoms with Gasteiger partial charge in [0.05, 0.1) is 17.2 Å². The Hall–Kier alpha value is -3.07. The van der Waals surface area contributed by atoms with Crippen LogP contribution >= 0.6 is 15.9 Å². The molecule has 3 rings (SSSR count). The van der Waals surface area contributed by atoms with Gasteiger partial charge < -0.3 is 11.1 Å². The largest absolute Gasteiger partial charge is 0.366 e. The Kier molecular flexibility index (Phi) is 5.04. The van der Waals surface area contributed by atoms with Crippen molar-refractivity contribution in [1.29, 1.82) is 0 Å². The molecule has 9 heteroatoms. The molecule has 7 nitrogen and oxygen atoms in total. The van der Waals surface area contributed by atoms with Gasteiger partial charge in [-0.05, 0) is 37.3 Å². The summed E-state index contributed by atoms with van der Waals surface area (Å²) in [6.45, 7) is 1.13. The van der Waals surface area contributed by atoms with E-state index in [4.69, 9.17) is 5.73 Å². The highest BCUT2D eigenvalue weighted by atomic mass is 79.9. The molecule has 1 heterocycles. The maximum absolute atomic E-state index is 13.9. The van der Waals surface area contributed by atoms with Crippen LogP contribution in [0.2, 0.25) is 0 Å². The minimum Gasteiger partial charge on any atom is -0.366 e. The lowest BCUT2D eigenvalue weighted by molar-refractivity contribution is -0.116. The molecule has 0 radical (unpaired) electrons. The number of aromatic nitrogens is 2. The van der Waals surface area contributed by atoms with E-state index < -0.39 is 17.6 Å². The lowest BCUT2D eigenvalue weighted by atomic mass is 10.1. The molecule has 1 aromatic heterocycles. The predicted octanol–water partition coefficient (Wildman–Crippen LogP) is 2.34. The smallest absolute Gasteiger partial charge is 0.261 e. The molecule has 3 N–H and O–H groups in total. The van der Waals surface area contributed by atoms with Gasteiger partial charge in [-0.2, -0.15) is 0 Å². The Bertz CT molecular complexity index is 1140. The number of primary amides is 1. The zero-order valence-corrected chi connectivity index (χ0v) is 15.7. The molecule has 0 spiro atoms. The Morgan fingerprint density at radius 3 is 2.74 bits per heavy atom. The Morgan fingerprint density at radius 2 is 2.04 bits per heavy atom. The van der Waals surface area contributed by atoms with Crippen molar-refractivity contribution in [2.45, 2.75) is 13.5 Å². The van der Waals surface area contributed by atoms with Gasteiger partial charge in [-0.15, -0.1) is 0 Å². The Labute approximate surface area is 161 Å². The molecule has 0 bridgehead atoms. The number of carbonyl (C=O) groups excluding carboxylic acids is 2. The summed E-state index contributed by atoms with van der Waals surface area (Å²) in [5.41, 5.74) is 5.48. The standard InChI is InChI=1S/C18H14BrFN4O3/c1-9-13(20)4-10(17(21)26)5-15(9)23-16(25)7-24-8-22-14-3-2-11(19)6-12(14)18(24)27/h2-6,8H,7H2,1H3,(H2,21,26)(H,23,25). The van der Waals surface area contributed by atoms with Crippen molar-refractivity contribution in [3.8, 4) is 0 Å². The zero-order valence-electron chi connectivity index (χ0n) is 14.1. The van der Waals surface area contributed by atoms with Gasteiger partial charge in [0.25, 0.3) is 5.56 Å². The summed E-state index contributed by atoms with van der Waals surface area (Å²) in [4.78, 5) is 40.3.